The Morgan fingerprint density at radius 3 is 2.60 bits per heavy atom. The Morgan fingerprint density at radius 2 is 1.92 bits per heavy atom. The van der Waals surface area contributed by atoms with Crippen molar-refractivity contribution in [3.05, 3.63) is 70.5 Å². The van der Waals surface area contributed by atoms with Crippen molar-refractivity contribution in [1.82, 2.24) is 10.6 Å². The highest BCUT2D eigenvalue weighted by Gasteiger charge is 2.17. The molecule has 0 aromatic heterocycles. The second-order valence-electron chi connectivity index (χ2n) is 5.70. The minimum Gasteiger partial charge on any atom is -0.356 e. The maximum absolute atomic E-state index is 13.6. The molecular formula is C19H20ClFN2O2. The molecule has 0 aliphatic carbocycles. The molecule has 1 atom stereocenters. The Hall–Kier alpha value is -2.40. The molecule has 6 heteroatoms. The van der Waals surface area contributed by atoms with Crippen molar-refractivity contribution in [1.29, 1.82) is 0 Å². The van der Waals surface area contributed by atoms with Crippen molar-refractivity contribution < 1.29 is 14.0 Å². The van der Waals surface area contributed by atoms with E-state index in [1.807, 2.05) is 0 Å². The molecule has 132 valence electrons. The number of benzene rings is 2. The van der Waals surface area contributed by atoms with Crippen molar-refractivity contribution in [3.63, 3.8) is 0 Å². The molecule has 0 bridgehead atoms. The second kappa shape index (κ2) is 9.18. The summed E-state index contributed by atoms with van der Waals surface area (Å²) in [6, 6.07) is 13.0. The molecule has 1 unspecified atom stereocenters. The zero-order valence-corrected chi connectivity index (χ0v) is 14.6. The van der Waals surface area contributed by atoms with Gasteiger partial charge in [-0.15, -0.1) is 0 Å². The molecule has 2 aromatic carbocycles. The zero-order chi connectivity index (χ0) is 18.2. The molecular weight excluding hydrogens is 343 g/mol. The minimum atomic E-state index is -0.468. The fourth-order valence-corrected chi connectivity index (χ4v) is 2.71. The monoisotopic (exact) mass is 362 g/mol. The van der Waals surface area contributed by atoms with Crippen LogP contribution >= 0.6 is 11.6 Å². The van der Waals surface area contributed by atoms with Crippen LogP contribution < -0.4 is 10.6 Å². The largest absolute Gasteiger partial charge is 0.356 e. The number of nitrogens with one attached hydrogen (secondary N) is 2. The van der Waals surface area contributed by atoms with Crippen LogP contribution in [0.1, 0.15) is 30.5 Å². The first-order valence-electron chi connectivity index (χ1n) is 7.98. The van der Waals surface area contributed by atoms with Gasteiger partial charge in [-0.1, -0.05) is 41.9 Å². The Balaban J connectivity index is 1.93. The van der Waals surface area contributed by atoms with Crippen molar-refractivity contribution in [2.75, 3.05) is 6.54 Å². The van der Waals surface area contributed by atoms with Gasteiger partial charge in [0.15, 0.2) is 0 Å². The number of rotatable bonds is 7. The van der Waals surface area contributed by atoms with E-state index in [1.165, 1.54) is 13.0 Å². The fraction of sp³-hybridized carbons (Fsp3) is 0.263. The third-order valence-electron chi connectivity index (χ3n) is 3.69. The van der Waals surface area contributed by atoms with Crippen LogP contribution in [0, 0.1) is 5.82 Å². The lowest BCUT2D eigenvalue weighted by Gasteiger charge is -2.18. The normalized spacial score (nSPS) is 11.6. The number of hydrogen-bond donors (Lipinski definition) is 2. The summed E-state index contributed by atoms with van der Waals surface area (Å²) >= 11 is 5.98. The van der Waals surface area contributed by atoms with Gasteiger partial charge in [0.1, 0.15) is 5.82 Å². The molecule has 2 aromatic rings. The average molecular weight is 363 g/mol. The standard InChI is InChI=1S/C19H20ClFN2O2/c1-13(24)23-18(15-6-4-7-16(20)11-15)12-19(25)22-10-9-14-5-2-3-8-17(14)21/h2-8,11,18H,9-10,12H2,1H3,(H,22,25)(H,23,24). The van der Waals surface area contributed by atoms with E-state index in [1.54, 1.807) is 42.5 Å². The van der Waals surface area contributed by atoms with E-state index in [4.69, 9.17) is 11.6 Å². The first-order valence-corrected chi connectivity index (χ1v) is 8.36. The minimum absolute atomic E-state index is 0.0805. The van der Waals surface area contributed by atoms with Crippen LogP contribution in [0.5, 0.6) is 0 Å². The highest BCUT2D eigenvalue weighted by Crippen LogP contribution is 2.20. The first kappa shape index (κ1) is 18.9. The Bertz CT molecular complexity index is 752. The lowest BCUT2D eigenvalue weighted by molar-refractivity contribution is -0.122. The topological polar surface area (TPSA) is 58.2 Å². The Kier molecular flexibility index (Phi) is 6.95. The Labute approximate surface area is 151 Å². The predicted molar refractivity (Wildman–Crippen MR) is 95.7 cm³/mol. The van der Waals surface area contributed by atoms with Crippen LogP contribution in [0.4, 0.5) is 4.39 Å². The summed E-state index contributed by atoms with van der Waals surface area (Å²) in [5.74, 6) is -0.744. The van der Waals surface area contributed by atoms with Crippen LogP contribution in [-0.4, -0.2) is 18.4 Å². The number of hydrogen-bond acceptors (Lipinski definition) is 2. The van der Waals surface area contributed by atoms with Crippen LogP contribution in [-0.2, 0) is 16.0 Å². The van der Waals surface area contributed by atoms with E-state index in [-0.39, 0.29) is 24.1 Å². The molecule has 0 radical (unpaired) electrons. The van der Waals surface area contributed by atoms with E-state index >= 15 is 0 Å². The van der Waals surface area contributed by atoms with Gasteiger partial charge in [0.05, 0.1) is 12.5 Å². The Morgan fingerprint density at radius 1 is 1.16 bits per heavy atom. The maximum atomic E-state index is 13.6. The van der Waals surface area contributed by atoms with Gasteiger partial charge in [-0.3, -0.25) is 9.59 Å². The fourth-order valence-electron chi connectivity index (χ4n) is 2.52. The molecule has 0 heterocycles. The number of carbonyl (C=O) groups is 2. The summed E-state index contributed by atoms with van der Waals surface area (Å²) in [6.45, 7) is 1.72. The molecule has 4 nitrogen and oxygen atoms in total. The van der Waals surface area contributed by atoms with Gasteiger partial charge in [-0.2, -0.15) is 0 Å². The van der Waals surface area contributed by atoms with E-state index in [2.05, 4.69) is 10.6 Å². The quantitative estimate of drug-likeness (QED) is 0.793. The number of halogens is 2. The summed E-state index contributed by atoms with van der Waals surface area (Å²) in [5, 5.41) is 6.04. The molecule has 2 amide bonds. The lowest BCUT2D eigenvalue weighted by atomic mass is 10.0. The van der Waals surface area contributed by atoms with Crippen LogP contribution in [0.15, 0.2) is 48.5 Å². The van der Waals surface area contributed by atoms with Crippen LogP contribution in [0.2, 0.25) is 5.02 Å². The third-order valence-corrected chi connectivity index (χ3v) is 3.93. The molecule has 2 rings (SSSR count). The van der Waals surface area contributed by atoms with Gasteiger partial charge in [-0.25, -0.2) is 4.39 Å². The summed E-state index contributed by atoms with van der Waals surface area (Å²) in [6.07, 6.45) is 0.484. The molecule has 0 aliphatic rings. The SMILES string of the molecule is CC(=O)NC(CC(=O)NCCc1ccccc1F)c1cccc(Cl)c1. The van der Waals surface area contributed by atoms with Gasteiger partial charge in [0, 0.05) is 18.5 Å². The van der Waals surface area contributed by atoms with Gasteiger partial charge in [-0.05, 0) is 35.7 Å². The second-order valence-corrected chi connectivity index (χ2v) is 6.14. The van der Waals surface area contributed by atoms with Gasteiger partial charge in [0.2, 0.25) is 11.8 Å². The van der Waals surface area contributed by atoms with Crippen molar-refractivity contribution >= 4 is 23.4 Å². The van der Waals surface area contributed by atoms with E-state index < -0.39 is 6.04 Å². The molecule has 0 aliphatic heterocycles. The predicted octanol–water partition coefficient (Wildman–Crippen LogP) is 3.41. The summed E-state index contributed by atoms with van der Waals surface area (Å²) in [5.41, 5.74) is 1.31. The molecule has 0 saturated carbocycles. The van der Waals surface area contributed by atoms with Gasteiger partial charge < -0.3 is 10.6 Å². The first-order chi connectivity index (χ1) is 12.0. The molecule has 25 heavy (non-hydrogen) atoms. The van der Waals surface area contributed by atoms with E-state index in [0.717, 1.165) is 5.56 Å². The van der Waals surface area contributed by atoms with Crippen molar-refractivity contribution in [2.45, 2.75) is 25.8 Å². The zero-order valence-electron chi connectivity index (χ0n) is 13.9. The maximum Gasteiger partial charge on any atom is 0.222 e. The molecule has 0 saturated heterocycles. The van der Waals surface area contributed by atoms with Crippen molar-refractivity contribution in [3.8, 4) is 0 Å². The van der Waals surface area contributed by atoms with Crippen molar-refractivity contribution in [2.24, 2.45) is 0 Å². The van der Waals surface area contributed by atoms with E-state index in [9.17, 15) is 14.0 Å². The third kappa shape index (κ3) is 6.19. The average Bonchev–Trinajstić information content (AvgIpc) is 2.55. The van der Waals surface area contributed by atoms with Crippen LogP contribution in [0.3, 0.4) is 0 Å². The smallest absolute Gasteiger partial charge is 0.222 e. The summed E-state index contributed by atoms with van der Waals surface area (Å²) in [4.78, 5) is 23.6. The van der Waals surface area contributed by atoms with E-state index in [0.29, 0.717) is 23.6 Å². The lowest BCUT2D eigenvalue weighted by Crippen LogP contribution is -2.33. The van der Waals surface area contributed by atoms with Gasteiger partial charge in [0.25, 0.3) is 0 Å². The summed E-state index contributed by atoms with van der Waals surface area (Å²) in [7, 11) is 0. The number of carbonyl (C=O) groups excluding carboxylic acids is 2. The molecule has 0 fully saturated rings. The highest BCUT2D eigenvalue weighted by atomic mass is 35.5. The summed E-state index contributed by atoms with van der Waals surface area (Å²) < 4.78 is 13.6. The van der Waals surface area contributed by atoms with Crippen LogP contribution in [0.25, 0.3) is 0 Å². The highest BCUT2D eigenvalue weighted by molar-refractivity contribution is 6.30. The molecule has 0 spiro atoms. The van der Waals surface area contributed by atoms with Gasteiger partial charge >= 0.3 is 0 Å². The number of amides is 2. The molecule has 2 N–H and O–H groups in total.